The van der Waals surface area contributed by atoms with Gasteiger partial charge in [-0.2, -0.15) is 0 Å². The Morgan fingerprint density at radius 1 is 1.33 bits per heavy atom. The van der Waals surface area contributed by atoms with Crippen molar-refractivity contribution in [3.05, 3.63) is 35.9 Å². The van der Waals surface area contributed by atoms with Crippen LogP contribution in [0.1, 0.15) is 24.9 Å². The van der Waals surface area contributed by atoms with E-state index in [2.05, 4.69) is 16.6 Å². The van der Waals surface area contributed by atoms with Crippen molar-refractivity contribution in [2.45, 2.75) is 19.4 Å². The molecule has 0 aromatic heterocycles. The van der Waals surface area contributed by atoms with E-state index in [4.69, 9.17) is 6.42 Å². The fraction of sp³-hybridized carbons (Fsp3) is 0.286. The third kappa shape index (κ3) is 4.71. The van der Waals surface area contributed by atoms with E-state index in [1.807, 2.05) is 30.3 Å². The zero-order valence-electron chi connectivity index (χ0n) is 10.3. The second kappa shape index (κ2) is 7.13. The number of hydrogen-bond acceptors (Lipinski definition) is 2. The van der Waals surface area contributed by atoms with Crippen molar-refractivity contribution in [3.8, 4) is 12.3 Å². The van der Waals surface area contributed by atoms with E-state index in [0.29, 0.717) is 0 Å². The Bertz CT molecular complexity index is 449. The van der Waals surface area contributed by atoms with Crippen LogP contribution in [0, 0.1) is 12.3 Å². The molecule has 1 atom stereocenters. The van der Waals surface area contributed by atoms with E-state index in [9.17, 15) is 9.59 Å². The predicted octanol–water partition coefficient (Wildman–Crippen LogP) is 1.00. The van der Waals surface area contributed by atoms with Gasteiger partial charge in [0.05, 0.1) is 19.0 Å². The van der Waals surface area contributed by atoms with Crippen LogP contribution in [0.15, 0.2) is 30.3 Å². The molecule has 2 N–H and O–H groups in total. The molecule has 0 heterocycles. The molecule has 18 heavy (non-hydrogen) atoms. The summed E-state index contributed by atoms with van der Waals surface area (Å²) in [6.07, 6.45) is 5.24. The van der Waals surface area contributed by atoms with Gasteiger partial charge in [-0.25, -0.2) is 0 Å². The van der Waals surface area contributed by atoms with Crippen LogP contribution in [0.5, 0.6) is 0 Å². The molecule has 0 radical (unpaired) electrons. The van der Waals surface area contributed by atoms with Crippen LogP contribution in [0.4, 0.5) is 0 Å². The van der Waals surface area contributed by atoms with Crippen LogP contribution in [0.25, 0.3) is 0 Å². The SMILES string of the molecule is C#CCNC(=O)CC(NC(C)=O)c1ccccc1. The van der Waals surface area contributed by atoms with E-state index in [0.717, 1.165) is 5.56 Å². The molecule has 0 aliphatic rings. The van der Waals surface area contributed by atoms with E-state index in [-0.39, 0.29) is 30.8 Å². The number of benzene rings is 1. The minimum Gasteiger partial charge on any atom is -0.349 e. The zero-order chi connectivity index (χ0) is 13.4. The van der Waals surface area contributed by atoms with Gasteiger partial charge in [0, 0.05) is 6.92 Å². The van der Waals surface area contributed by atoms with Gasteiger partial charge in [0.25, 0.3) is 0 Å². The Kier molecular flexibility index (Phi) is 5.46. The van der Waals surface area contributed by atoms with Crippen molar-refractivity contribution in [3.63, 3.8) is 0 Å². The third-order valence-electron chi connectivity index (χ3n) is 2.36. The molecular formula is C14H16N2O2. The van der Waals surface area contributed by atoms with E-state index in [1.165, 1.54) is 6.92 Å². The number of carbonyl (C=O) groups excluding carboxylic acids is 2. The number of carbonyl (C=O) groups is 2. The minimum absolute atomic E-state index is 0.172. The Balaban J connectivity index is 2.71. The molecule has 0 saturated heterocycles. The van der Waals surface area contributed by atoms with Gasteiger partial charge in [0.2, 0.25) is 11.8 Å². The summed E-state index contributed by atoms with van der Waals surface area (Å²) < 4.78 is 0. The molecule has 4 nitrogen and oxygen atoms in total. The van der Waals surface area contributed by atoms with Crippen LogP contribution in [0.3, 0.4) is 0 Å². The summed E-state index contributed by atoms with van der Waals surface area (Å²) in [5.41, 5.74) is 0.892. The fourth-order valence-electron chi connectivity index (χ4n) is 1.59. The molecule has 2 amide bonds. The summed E-state index contributed by atoms with van der Waals surface area (Å²) in [5.74, 6) is 1.98. The molecule has 0 fully saturated rings. The number of hydrogen-bond donors (Lipinski definition) is 2. The lowest BCUT2D eigenvalue weighted by Crippen LogP contribution is -2.32. The topological polar surface area (TPSA) is 58.2 Å². The zero-order valence-corrected chi connectivity index (χ0v) is 10.3. The largest absolute Gasteiger partial charge is 0.349 e. The van der Waals surface area contributed by atoms with Crippen LogP contribution < -0.4 is 10.6 Å². The van der Waals surface area contributed by atoms with Gasteiger partial charge in [-0.3, -0.25) is 9.59 Å². The molecule has 94 valence electrons. The highest BCUT2D eigenvalue weighted by Gasteiger charge is 2.16. The Morgan fingerprint density at radius 2 is 2.00 bits per heavy atom. The first-order chi connectivity index (χ1) is 8.63. The van der Waals surface area contributed by atoms with E-state index < -0.39 is 0 Å². The van der Waals surface area contributed by atoms with Crippen molar-refractivity contribution < 1.29 is 9.59 Å². The maximum atomic E-state index is 11.6. The first-order valence-electron chi connectivity index (χ1n) is 5.65. The van der Waals surface area contributed by atoms with Gasteiger partial charge in [-0.05, 0) is 5.56 Å². The summed E-state index contributed by atoms with van der Waals surface area (Å²) in [6, 6.07) is 9.02. The monoisotopic (exact) mass is 244 g/mol. The fourth-order valence-corrected chi connectivity index (χ4v) is 1.59. The lowest BCUT2D eigenvalue weighted by molar-refractivity contribution is -0.122. The third-order valence-corrected chi connectivity index (χ3v) is 2.36. The summed E-state index contributed by atoms with van der Waals surface area (Å²) in [7, 11) is 0. The van der Waals surface area contributed by atoms with Gasteiger partial charge in [0.15, 0.2) is 0 Å². The van der Waals surface area contributed by atoms with Crippen molar-refractivity contribution in [1.29, 1.82) is 0 Å². The molecule has 0 spiro atoms. The first-order valence-corrected chi connectivity index (χ1v) is 5.65. The molecule has 1 aromatic rings. The van der Waals surface area contributed by atoms with Gasteiger partial charge in [0.1, 0.15) is 0 Å². The summed E-state index contributed by atoms with van der Waals surface area (Å²) >= 11 is 0. The number of amides is 2. The molecule has 1 aromatic carbocycles. The van der Waals surface area contributed by atoms with Crippen LogP contribution in [-0.2, 0) is 9.59 Å². The highest BCUT2D eigenvalue weighted by atomic mass is 16.2. The maximum absolute atomic E-state index is 11.6. The lowest BCUT2D eigenvalue weighted by Gasteiger charge is -2.17. The van der Waals surface area contributed by atoms with E-state index in [1.54, 1.807) is 0 Å². The van der Waals surface area contributed by atoms with Gasteiger partial charge >= 0.3 is 0 Å². The van der Waals surface area contributed by atoms with Crippen molar-refractivity contribution in [1.82, 2.24) is 10.6 Å². The number of nitrogens with one attached hydrogen (secondary N) is 2. The molecule has 4 heteroatoms. The highest BCUT2D eigenvalue weighted by molar-refractivity contribution is 5.79. The smallest absolute Gasteiger partial charge is 0.223 e. The van der Waals surface area contributed by atoms with Gasteiger partial charge < -0.3 is 10.6 Å². The summed E-state index contributed by atoms with van der Waals surface area (Å²) in [6.45, 7) is 1.62. The first kappa shape index (κ1) is 13.8. The van der Waals surface area contributed by atoms with Gasteiger partial charge in [-0.15, -0.1) is 6.42 Å². The molecule has 1 unspecified atom stereocenters. The summed E-state index contributed by atoms with van der Waals surface area (Å²) in [4.78, 5) is 22.8. The average molecular weight is 244 g/mol. The lowest BCUT2D eigenvalue weighted by atomic mass is 10.0. The number of rotatable bonds is 5. The average Bonchev–Trinajstić information content (AvgIpc) is 2.36. The quantitative estimate of drug-likeness (QED) is 0.759. The molecule has 1 rings (SSSR count). The highest BCUT2D eigenvalue weighted by Crippen LogP contribution is 2.16. The maximum Gasteiger partial charge on any atom is 0.223 e. The van der Waals surface area contributed by atoms with E-state index >= 15 is 0 Å². The van der Waals surface area contributed by atoms with Crippen molar-refractivity contribution >= 4 is 11.8 Å². The van der Waals surface area contributed by atoms with Crippen molar-refractivity contribution in [2.24, 2.45) is 0 Å². The minimum atomic E-state index is -0.332. The molecule has 0 aliphatic heterocycles. The summed E-state index contributed by atoms with van der Waals surface area (Å²) in [5, 5.41) is 5.33. The van der Waals surface area contributed by atoms with Crippen LogP contribution in [-0.4, -0.2) is 18.4 Å². The second-order valence-corrected chi connectivity index (χ2v) is 3.85. The Labute approximate surface area is 107 Å². The molecular weight excluding hydrogens is 228 g/mol. The normalized spacial score (nSPS) is 11.1. The van der Waals surface area contributed by atoms with Crippen LogP contribution >= 0.6 is 0 Å². The molecule has 0 saturated carbocycles. The molecule has 0 aliphatic carbocycles. The predicted molar refractivity (Wildman–Crippen MR) is 69.5 cm³/mol. The standard InChI is InChI=1S/C14H16N2O2/c1-3-9-15-14(18)10-13(16-11(2)17)12-7-5-4-6-8-12/h1,4-8,13H,9-10H2,2H3,(H,15,18)(H,16,17). The molecule has 0 bridgehead atoms. The van der Waals surface area contributed by atoms with Gasteiger partial charge in [-0.1, -0.05) is 36.3 Å². The van der Waals surface area contributed by atoms with Crippen LogP contribution in [0.2, 0.25) is 0 Å². The Hall–Kier alpha value is -2.28. The second-order valence-electron chi connectivity index (χ2n) is 3.85. The Morgan fingerprint density at radius 3 is 2.56 bits per heavy atom. The number of terminal acetylenes is 1. The van der Waals surface area contributed by atoms with Crippen molar-refractivity contribution in [2.75, 3.05) is 6.54 Å².